The second-order valence-electron chi connectivity index (χ2n) is 9.95. The van der Waals surface area contributed by atoms with Crippen LogP contribution in [0.25, 0.3) is 5.76 Å². The standard InChI is InChI=1S/C32H33NO5/c1-3-4-18-37-26-13-10-23(11-14-26)29-28(30(34)24-12-15-27-25(20-24)19-21(2)38-27)31(35)32(36)33(29)17-16-22-8-6-5-7-9-22/h5-15,20-21,29,34H,3-4,16-19H2,1-2H3/t21-,29+/m0/s1. The fourth-order valence-electron chi connectivity index (χ4n) is 5.16. The third-order valence-corrected chi connectivity index (χ3v) is 7.16. The van der Waals surface area contributed by atoms with Crippen molar-refractivity contribution in [3.05, 3.63) is 101 Å². The fraction of sp³-hybridized carbons (Fsp3) is 0.312. The molecule has 1 saturated heterocycles. The van der Waals surface area contributed by atoms with Crippen molar-refractivity contribution in [2.24, 2.45) is 0 Å². The van der Waals surface area contributed by atoms with Crippen LogP contribution >= 0.6 is 0 Å². The first-order chi connectivity index (χ1) is 18.5. The van der Waals surface area contributed by atoms with Gasteiger partial charge in [-0.2, -0.15) is 0 Å². The molecule has 0 aromatic heterocycles. The number of rotatable bonds is 9. The number of fused-ring (bicyclic) bond motifs is 1. The molecule has 38 heavy (non-hydrogen) atoms. The highest BCUT2D eigenvalue weighted by Gasteiger charge is 2.46. The molecule has 0 unspecified atom stereocenters. The van der Waals surface area contributed by atoms with Crippen LogP contribution in [0.4, 0.5) is 0 Å². The highest BCUT2D eigenvalue weighted by molar-refractivity contribution is 6.46. The van der Waals surface area contributed by atoms with Gasteiger partial charge in [-0.05, 0) is 66.8 Å². The minimum Gasteiger partial charge on any atom is -0.507 e. The molecule has 3 aromatic carbocycles. The molecule has 2 atom stereocenters. The van der Waals surface area contributed by atoms with Gasteiger partial charge in [0.15, 0.2) is 0 Å². The summed E-state index contributed by atoms with van der Waals surface area (Å²) in [6.45, 7) is 5.08. The van der Waals surface area contributed by atoms with Gasteiger partial charge in [0.05, 0.1) is 18.2 Å². The molecule has 0 spiro atoms. The van der Waals surface area contributed by atoms with E-state index >= 15 is 0 Å². The van der Waals surface area contributed by atoms with Crippen LogP contribution < -0.4 is 9.47 Å². The van der Waals surface area contributed by atoms with E-state index in [-0.39, 0.29) is 17.4 Å². The zero-order valence-electron chi connectivity index (χ0n) is 21.9. The molecule has 1 N–H and O–H groups in total. The Hall–Kier alpha value is -4.06. The number of hydrogen-bond donors (Lipinski definition) is 1. The average molecular weight is 512 g/mol. The molecule has 2 aliphatic heterocycles. The zero-order valence-corrected chi connectivity index (χ0v) is 21.9. The molecular formula is C32H33NO5. The molecule has 2 heterocycles. The van der Waals surface area contributed by atoms with Crippen molar-refractivity contribution < 1.29 is 24.2 Å². The van der Waals surface area contributed by atoms with Crippen molar-refractivity contribution in [2.75, 3.05) is 13.2 Å². The number of ether oxygens (including phenoxy) is 2. The minimum atomic E-state index is -0.702. The lowest BCUT2D eigenvalue weighted by molar-refractivity contribution is -0.139. The van der Waals surface area contributed by atoms with Crippen LogP contribution in [0.1, 0.15) is 55.0 Å². The van der Waals surface area contributed by atoms with Crippen molar-refractivity contribution >= 4 is 17.4 Å². The number of benzene rings is 3. The number of nitrogens with zero attached hydrogens (tertiary/aromatic N) is 1. The van der Waals surface area contributed by atoms with Gasteiger partial charge in [-0.1, -0.05) is 55.8 Å². The number of aliphatic hydroxyl groups is 1. The van der Waals surface area contributed by atoms with Crippen LogP contribution in [0.5, 0.6) is 11.5 Å². The van der Waals surface area contributed by atoms with E-state index in [9.17, 15) is 14.7 Å². The molecule has 1 fully saturated rings. The lowest BCUT2D eigenvalue weighted by atomic mass is 9.94. The van der Waals surface area contributed by atoms with E-state index in [0.29, 0.717) is 25.1 Å². The van der Waals surface area contributed by atoms with Gasteiger partial charge < -0.3 is 19.5 Å². The Morgan fingerprint density at radius 3 is 2.55 bits per heavy atom. The predicted molar refractivity (Wildman–Crippen MR) is 146 cm³/mol. The summed E-state index contributed by atoms with van der Waals surface area (Å²) >= 11 is 0. The van der Waals surface area contributed by atoms with E-state index in [1.54, 1.807) is 11.0 Å². The lowest BCUT2D eigenvalue weighted by Crippen LogP contribution is -2.31. The van der Waals surface area contributed by atoms with Gasteiger partial charge >= 0.3 is 0 Å². The van der Waals surface area contributed by atoms with E-state index in [1.165, 1.54) is 0 Å². The molecular weight excluding hydrogens is 478 g/mol. The van der Waals surface area contributed by atoms with Crippen LogP contribution in [0.15, 0.2) is 78.4 Å². The summed E-state index contributed by atoms with van der Waals surface area (Å²) in [6.07, 6.45) is 3.39. The Labute approximate surface area is 223 Å². The van der Waals surface area contributed by atoms with E-state index in [4.69, 9.17) is 9.47 Å². The topological polar surface area (TPSA) is 76.1 Å². The van der Waals surface area contributed by atoms with Crippen LogP contribution in [-0.4, -0.2) is 41.0 Å². The molecule has 0 saturated carbocycles. The van der Waals surface area contributed by atoms with Gasteiger partial charge in [0.25, 0.3) is 11.7 Å². The summed E-state index contributed by atoms with van der Waals surface area (Å²) < 4.78 is 11.6. The Kier molecular flexibility index (Phi) is 7.50. The smallest absolute Gasteiger partial charge is 0.295 e. The molecule has 1 amide bonds. The highest BCUT2D eigenvalue weighted by atomic mass is 16.5. The van der Waals surface area contributed by atoms with Crippen LogP contribution in [0.3, 0.4) is 0 Å². The maximum absolute atomic E-state index is 13.4. The molecule has 2 aliphatic rings. The number of likely N-dealkylation sites (tertiary alicyclic amines) is 1. The van der Waals surface area contributed by atoms with Gasteiger partial charge in [0.1, 0.15) is 23.4 Å². The second kappa shape index (κ2) is 11.1. The van der Waals surface area contributed by atoms with Gasteiger partial charge in [-0.15, -0.1) is 0 Å². The van der Waals surface area contributed by atoms with E-state index in [1.807, 2.05) is 73.7 Å². The third kappa shape index (κ3) is 5.17. The summed E-state index contributed by atoms with van der Waals surface area (Å²) in [7, 11) is 0. The van der Waals surface area contributed by atoms with Crippen LogP contribution in [0, 0.1) is 0 Å². The van der Waals surface area contributed by atoms with Crippen molar-refractivity contribution in [1.29, 1.82) is 0 Å². The third-order valence-electron chi connectivity index (χ3n) is 7.16. The molecule has 196 valence electrons. The Morgan fingerprint density at radius 2 is 1.82 bits per heavy atom. The molecule has 3 aromatic rings. The highest BCUT2D eigenvalue weighted by Crippen LogP contribution is 2.41. The van der Waals surface area contributed by atoms with Crippen molar-refractivity contribution in [3.8, 4) is 11.5 Å². The number of Topliss-reactive ketones (excluding diaryl/α,β-unsaturated/α-hetero) is 1. The van der Waals surface area contributed by atoms with Crippen molar-refractivity contribution in [3.63, 3.8) is 0 Å². The van der Waals surface area contributed by atoms with E-state index in [0.717, 1.165) is 47.5 Å². The van der Waals surface area contributed by atoms with E-state index in [2.05, 4.69) is 6.92 Å². The number of ketones is 1. The Morgan fingerprint density at radius 1 is 1.05 bits per heavy atom. The lowest BCUT2D eigenvalue weighted by Gasteiger charge is -2.25. The first kappa shape index (κ1) is 25.6. The number of carbonyl (C=O) groups is 2. The first-order valence-corrected chi connectivity index (χ1v) is 13.3. The number of hydrogen-bond acceptors (Lipinski definition) is 5. The maximum Gasteiger partial charge on any atom is 0.295 e. The van der Waals surface area contributed by atoms with Gasteiger partial charge in [-0.25, -0.2) is 0 Å². The van der Waals surface area contributed by atoms with Gasteiger partial charge in [0.2, 0.25) is 0 Å². The molecule has 6 nitrogen and oxygen atoms in total. The molecule has 0 radical (unpaired) electrons. The summed E-state index contributed by atoms with van der Waals surface area (Å²) in [4.78, 5) is 28.3. The summed E-state index contributed by atoms with van der Waals surface area (Å²) in [6, 6.07) is 22.0. The largest absolute Gasteiger partial charge is 0.507 e. The molecule has 6 heteroatoms. The Bertz CT molecular complexity index is 1350. The number of carbonyl (C=O) groups excluding carboxylic acids is 2. The molecule has 0 aliphatic carbocycles. The average Bonchev–Trinajstić information content (AvgIpc) is 3.43. The number of unbranched alkanes of at least 4 members (excludes halogenated alkanes) is 1. The van der Waals surface area contributed by atoms with Crippen LogP contribution in [-0.2, 0) is 22.4 Å². The molecule has 0 bridgehead atoms. The quantitative estimate of drug-likeness (QED) is 0.169. The Balaban J connectivity index is 1.52. The first-order valence-electron chi connectivity index (χ1n) is 13.3. The number of amides is 1. The second-order valence-corrected chi connectivity index (χ2v) is 9.95. The predicted octanol–water partition coefficient (Wildman–Crippen LogP) is 5.85. The van der Waals surface area contributed by atoms with E-state index < -0.39 is 17.7 Å². The van der Waals surface area contributed by atoms with Crippen molar-refractivity contribution in [1.82, 2.24) is 4.90 Å². The van der Waals surface area contributed by atoms with Crippen LogP contribution in [0.2, 0.25) is 0 Å². The van der Waals surface area contributed by atoms with Crippen molar-refractivity contribution in [2.45, 2.75) is 51.7 Å². The fourth-order valence-corrected chi connectivity index (χ4v) is 5.16. The number of aliphatic hydroxyl groups excluding tert-OH is 1. The molecule has 5 rings (SSSR count). The monoisotopic (exact) mass is 511 g/mol. The van der Waals surface area contributed by atoms with Gasteiger partial charge in [-0.3, -0.25) is 9.59 Å². The maximum atomic E-state index is 13.4. The van der Waals surface area contributed by atoms with Gasteiger partial charge in [0, 0.05) is 18.5 Å². The summed E-state index contributed by atoms with van der Waals surface area (Å²) in [5.74, 6) is 0.0766. The summed E-state index contributed by atoms with van der Waals surface area (Å²) in [5, 5.41) is 11.5. The normalized spacial score (nSPS) is 19.9. The summed E-state index contributed by atoms with van der Waals surface area (Å²) in [5.41, 5.74) is 3.41. The SMILES string of the molecule is CCCCOc1ccc([C@@H]2C(=C(O)c3ccc4c(c3)C[C@H](C)O4)C(=O)C(=O)N2CCc2ccccc2)cc1. The minimum absolute atomic E-state index is 0.0593. The zero-order chi connectivity index (χ0) is 26.6.